The summed E-state index contributed by atoms with van der Waals surface area (Å²) in [6.07, 6.45) is 1.61. The van der Waals surface area contributed by atoms with E-state index in [0.29, 0.717) is 24.2 Å². The second kappa shape index (κ2) is 10.2. The number of fused-ring (bicyclic) bond motifs is 1. The Hall–Kier alpha value is -4.19. The summed E-state index contributed by atoms with van der Waals surface area (Å²) in [7, 11) is 0. The van der Waals surface area contributed by atoms with Crippen molar-refractivity contribution in [3.63, 3.8) is 0 Å². The number of benzene rings is 3. The van der Waals surface area contributed by atoms with Crippen LogP contribution in [0.5, 0.6) is 0 Å². The molecule has 4 rings (SSSR count). The average molecular weight is 454 g/mol. The van der Waals surface area contributed by atoms with Crippen LogP contribution in [0.3, 0.4) is 0 Å². The molecule has 0 fully saturated rings. The Morgan fingerprint density at radius 3 is 2.21 bits per heavy atom. The fourth-order valence-electron chi connectivity index (χ4n) is 4.14. The van der Waals surface area contributed by atoms with Gasteiger partial charge in [-0.2, -0.15) is 0 Å². The van der Waals surface area contributed by atoms with Gasteiger partial charge in [0.2, 0.25) is 5.91 Å². The Labute approximate surface area is 198 Å². The van der Waals surface area contributed by atoms with Crippen molar-refractivity contribution in [1.29, 1.82) is 0 Å². The lowest BCUT2D eigenvalue weighted by Gasteiger charge is -2.19. The second-order valence-corrected chi connectivity index (χ2v) is 7.95. The smallest absolute Gasteiger partial charge is 0.296 e. The van der Waals surface area contributed by atoms with Gasteiger partial charge in [0.05, 0.1) is 5.56 Å². The molecule has 1 N–H and O–H groups in total. The number of likely N-dealkylation sites (N-methyl/N-ethyl adjacent to an activating group) is 1. The van der Waals surface area contributed by atoms with Crippen molar-refractivity contribution in [3.8, 4) is 11.1 Å². The Kier molecular flexibility index (Phi) is 6.87. The number of Topliss-reactive ketones (excluding diaryl/α,β-unsaturated/α-hetero) is 1. The van der Waals surface area contributed by atoms with Crippen LogP contribution in [-0.2, 0) is 16.1 Å². The highest BCUT2D eigenvalue weighted by Gasteiger charge is 2.23. The van der Waals surface area contributed by atoms with Crippen molar-refractivity contribution in [1.82, 2.24) is 9.47 Å². The number of aromatic nitrogens is 1. The number of carbonyl (C=O) groups is 3. The molecule has 0 unspecified atom stereocenters. The minimum absolute atomic E-state index is 0.0361. The van der Waals surface area contributed by atoms with Gasteiger partial charge in [0.1, 0.15) is 6.54 Å². The van der Waals surface area contributed by atoms with Crippen molar-refractivity contribution >= 4 is 34.2 Å². The summed E-state index contributed by atoms with van der Waals surface area (Å²) in [4.78, 5) is 40.7. The SMILES string of the molecule is CCN(CC)C(=O)Cn1cc(C(=O)C(=O)Nc2ccccc2-c2ccccc2)c2ccccc21. The summed E-state index contributed by atoms with van der Waals surface area (Å²) in [6.45, 7) is 5.20. The van der Waals surface area contributed by atoms with E-state index in [1.165, 1.54) is 0 Å². The predicted molar refractivity (Wildman–Crippen MR) is 135 cm³/mol. The van der Waals surface area contributed by atoms with Crippen molar-refractivity contribution in [2.24, 2.45) is 0 Å². The molecule has 0 spiro atoms. The first-order chi connectivity index (χ1) is 16.5. The molecule has 0 aliphatic carbocycles. The predicted octanol–water partition coefficient (Wildman–Crippen LogP) is 5.00. The van der Waals surface area contributed by atoms with Crippen LogP contribution in [0.15, 0.2) is 85.1 Å². The molecule has 0 aliphatic rings. The van der Waals surface area contributed by atoms with Gasteiger partial charge < -0.3 is 14.8 Å². The molecule has 2 amide bonds. The van der Waals surface area contributed by atoms with E-state index in [-0.39, 0.29) is 18.0 Å². The molecule has 6 nitrogen and oxygen atoms in total. The molecule has 34 heavy (non-hydrogen) atoms. The number of hydrogen-bond acceptors (Lipinski definition) is 3. The van der Waals surface area contributed by atoms with E-state index in [4.69, 9.17) is 0 Å². The summed E-state index contributed by atoms with van der Waals surface area (Å²) in [5.74, 6) is -1.40. The van der Waals surface area contributed by atoms with Crippen LogP contribution in [0.4, 0.5) is 5.69 Å². The largest absolute Gasteiger partial charge is 0.342 e. The molecular weight excluding hydrogens is 426 g/mol. The maximum absolute atomic E-state index is 13.2. The van der Waals surface area contributed by atoms with E-state index in [2.05, 4.69) is 5.32 Å². The molecule has 1 heterocycles. The van der Waals surface area contributed by atoms with Gasteiger partial charge in [-0.1, -0.05) is 66.7 Å². The Morgan fingerprint density at radius 1 is 0.824 bits per heavy atom. The third kappa shape index (κ3) is 4.62. The van der Waals surface area contributed by atoms with Gasteiger partial charge >= 0.3 is 0 Å². The van der Waals surface area contributed by atoms with E-state index in [1.807, 2.05) is 80.6 Å². The molecule has 172 valence electrons. The van der Waals surface area contributed by atoms with Gasteiger partial charge in [-0.15, -0.1) is 0 Å². The summed E-state index contributed by atoms with van der Waals surface area (Å²) in [5, 5.41) is 3.43. The quantitative estimate of drug-likeness (QED) is 0.302. The summed E-state index contributed by atoms with van der Waals surface area (Å²) in [6, 6.07) is 24.4. The topological polar surface area (TPSA) is 71.4 Å². The van der Waals surface area contributed by atoms with Gasteiger partial charge in [0.15, 0.2) is 0 Å². The maximum atomic E-state index is 13.2. The first kappa shape index (κ1) is 23.0. The van der Waals surface area contributed by atoms with Crippen molar-refractivity contribution < 1.29 is 14.4 Å². The van der Waals surface area contributed by atoms with E-state index in [0.717, 1.165) is 16.6 Å². The molecule has 6 heteroatoms. The second-order valence-electron chi connectivity index (χ2n) is 7.95. The third-order valence-electron chi connectivity index (χ3n) is 5.92. The minimum Gasteiger partial charge on any atom is -0.342 e. The van der Waals surface area contributed by atoms with E-state index in [9.17, 15) is 14.4 Å². The van der Waals surface area contributed by atoms with Crippen LogP contribution in [0.2, 0.25) is 0 Å². The third-order valence-corrected chi connectivity index (χ3v) is 5.92. The Balaban J connectivity index is 1.63. The van der Waals surface area contributed by atoms with Gasteiger partial charge in [0.25, 0.3) is 11.7 Å². The molecule has 0 aliphatic heterocycles. The molecule has 1 aromatic heterocycles. The van der Waals surface area contributed by atoms with E-state index in [1.54, 1.807) is 27.8 Å². The van der Waals surface area contributed by atoms with Gasteiger partial charge in [-0.3, -0.25) is 14.4 Å². The molecule has 0 saturated heterocycles. The van der Waals surface area contributed by atoms with Crippen LogP contribution in [-0.4, -0.2) is 40.2 Å². The average Bonchev–Trinajstić information content (AvgIpc) is 3.23. The number of ketones is 1. The molecule has 0 radical (unpaired) electrons. The summed E-state index contributed by atoms with van der Waals surface area (Å²) >= 11 is 0. The molecular formula is C28H27N3O3. The highest BCUT2D eigenvalue weighted by atomic mass is 16.2. The molecule has 0 bridgehead atoms. The van der Waals surface area contributed by atoms with Crippen LogP contribution in [0.1, 0.15) is 24.2 Å². The molecule has 0 saturated carbocycles. The van der Waals surface area contributed by atoms with Crippen LogP contribution >= 0.6 is 0 Å². The zero-order valence-corrected chi connectivity index (χ0v) is 19.3. The molecule has 0 atom stereocenters. The zero-order chi connectivity index (χ0) is 24.1. The van der Waals surface area contributed by atoms with Gasteiger partial charge in [-0.05, 0) is 31.5 Å². The van der Waals surface area contributed by atoms with Crippen molar-refractivity contribution in [3.05, 3.63) is 90.6 Å². The number of amides is 2. The first-order valence-electron chi connectivity index (χ1n) is 11.4. The number of para-hydroxylation sites is 2. The molecule has 3 aromatic carbocycles. The standard InChI is InChI=1S/C28H27N3O3/c1-3-30(4-2)26(32)19-31-18-23(22-15-9-11-17-25(22)31)27(33)28(34)29-24-16-10-8-14-21(24)20-12-6-5-7-13-20/h5-18H,3-4,19H2,1-2H3,(H,29,34). The number of nitrogens with zero attached hydrogens (tertiary/aromatic N) is 2. The highest BCUT2D eigenvalue weighted by Crippen LogP contribution is 2.28. The summed E-state index contributed by atoms with van der Waals surface area (Å²) < 4.78 is 1.74. The lowest BCUT2D eigenvalue weighted by atomic mass is 10.0. The van der Waals surface area contributed by atoms with Crippen LogP contribution in [0, 0.1) is 0 Å². The fraction of sp³-hybridized carbons (Fsp3) is 0.179. The molecule has 4 aromatic rings. The van der Waals surface area contributed by atoms with Crippen LogP contribution in [0.25, 0.3) is 22.0 Å². The van der Waals surface area contributed by atoms with E-state index >= 15 is 0 Å². The lowest BCUT2D eigenvalue weighted by molar-refractivity contribution is -0.131. The number of hydrogen-bond donors (Lipinski definition) is 1. The number of rotatable bonds is 8. The lowest BCUT2D eigenvalue weighted by Crippen LogP contribution is -2.33. The normalized spacial score (nSPS) is 10.8. The maximum Gasteiger partial charge on any atom is 0.296 e. The number of carbonyl (C=O) groups excluding carboxylic acids is 3. The van der Waals surface area contributed by atoms with Crippen molar-refractivity contribution in [2.75, 3.05) is 18.4 Å². The fourth-order valence-corrected chi connectivity index (χ4v) is 4.14. The van der Waals surface area contributed by atoms with E-state index < -0.39 is 11.7 Å². The number of anilines is 1. The monoisotopic (exact) mass is 453 g/mol. The zero-order valence-electron chi connectivity index (χ0n) is 19.3. The number of nitrogens with one attached hydrogen (secondary N) is 1. The Morgan fingerprint density at radius 2 is 1.47 bits per heavy atom. The van der Waals surface area contributed by atoms with Crippen LogP contribution < -0.4 is 5.32 Å². The first-order valence-corrected chi connectivity index (χ1v) is 11.4. The van der Waals surface area contributed by atoms with Gasteiger partial charge in [0, 0.05) is 41.4 Å². The Bertz CT molecular complexity index is 1340. The minimum atomic E-state index is -0.721. The van der Waals surface area contributed by atoms with Crippen molar-refractivity contribution in [2.45, 2.75) is 20.4 Å². The summed E-state index contributed by atoms with van der Waals surface area (Å²) in [5.41, 5.74) is 3.35. The highest BCUT2D eigenvalue weighted by molar-refractivity contribution is 6.48. The van der Waals surface area contributed by atoms with Gasteiger partial charge in [-0.25, -0.2) is 0 Å².